The Morgan fingerprint density at radius 2 is 2.06 bits per heavy atom. The highest BCUT2D eigenvalue weighted by Crippen LogP contribution is 1.99. The van der Waals surface area contributed by atoms with E-state index in [0.29, 0.717) is 0 Å². The lowest BCUT2D eigenvalue weighted by Crippen LogP contribution is -2.46. The number of aliphatic hydroxyl groups is 1. The number of imidazole rings is 1. The van der Waals surface area contributed by atoms with Gasteiger partial charge in [0, 0.05) is 6.20 Å². The summed E-state index contributed by atoms with van der Waals surface area (Å²) < 4.78 is 0.893. The summed E-state index contributed by atoms with van der Waals surface area (Å²) in [4.78, 5) is 28.3. The summed E-state index contributed by atoms with van der Waals surface area (Å²) in [5.41, 5.74) is 0. The van der Waals surface area contributed by atoms with Gasteiger partial charge >= 0.3 is 11.9 Å². The van der Waals surface area contributed by atoms with Gasteiger partial charge in [0.05, 0.1) is 6.20 Å². The van der Waals surface area contributed by atoms with Crippen molar-refractivity contribution in [3.63, 3.8) is 0 Å². The molecular formula is C7H8N2O6S. The van der Waals surface area contributed by atoms with Crippen LogP contribution in [0.1, 0.15) is 0 Å². The lowest BCUT2D eigenvalue weighted by atomic mass is 10.2. The second-order valence-corrected chi connectivity index (χ2v) is 3.13. The summed E-state index contributed by atoms with van der Waals surface area (Å²) in [7, 11) is 0. The first-order valence-electron chi connectivity index (χ1n) is 4.00. The third-order valence-electron chi connectivity index (χ3n) is 1.63. The number of aromatic nitrogens is 2. The molecule has 0 bridgehead atoms. The van der Waals surface area contributed by atoms with E-state index >= 15 is 0 Å². The number of carboxylic acids is 2. The normalized spacial score (nSPS) is 14.1. The van der Waals surface area contributed by atoms with Crippen LogP contribution in [0.25, 0.3) is 0 Å². The van der Waals surface area contributed by atoms with Gasteiger partial charge in [-0.2, -0.15) is 4.73 Å². The predicted octanol–water partition coefficient (Wildman–Crippen LogP) is -1.13. The van der Waals surface area contributed by atoms with Gasteiger partial charge in [0.25, 0.3) is 6.10 Å². The molecule has 1 aromatic heterocycles. The molecule has 1 aromatic rings. The van der Waals surface area contributed by atoms with Gasteiger partial charge in [-0.25, -0.2) is 9.59 Å². The number of aromatic amines is 1. The van der Waals surface area contributed by atoms with Crippen molar-refractivity contribution in [2.24, 2.45) is 0 Å². The molecular weight excluding hydrogens is 240 g/mol. The van der Waals surface area contributed by atoms with Gasteiger partial charge in [0.2, 0.25) is 10.9 Å². The molecule has 8 nitrogen and oxygen atoms in total. The Hall–Kier alpha value is -1.87. The van der Waals surface area contributed by atoms with E-state index in [-0.39, 0.29) is 4.77 Å². The maximum absolute atomic E-state index is 10.7. The first kappa shape index (κ1) is 12.2. The molecule has 16 heavy (non-hydrogen) atoms. The van der Waals surface area contributed by atoms with E-state index in [4.69, 9.17) is 32.4 Å². The fraction of sp³-hybridized carbons (Fsp3) is 0.286. The lowest BCUT2D eigenvalue weighted by molar-refractivity contribution is -0.171. The van der Waals surface area contributed by atoms with E-state index < -0.39 is 24.1 Å². The summed E-state index contributed by atoms with van der Waals surface area (Å²) >= 11 is 4.70. The molecule has 9 heteroatoms. The fourth-order valence-electron chi connectivity index (χ4n) is 0.880. The van der Waals surface area contributed by atoms with Gasteiger partial charge in [-0.05, 0) is 12.2 Å². The number of nitrogens with one attached hydrogen (secondary N) is 1. The first-order chi connectivity index (χ1) is 7.43. The van der Waals surface area contributed by atoms with Crippen molar-refractivity contribution in [2.75, 3.05) is 0 Å². The van der Waals surface area contributed by atoms with Crippen molar-refractivity contribution < 1.29 is 29.7 Å². The number of aliphatic hydroxyl groups excluding tert-OH is 1. The van der Waals surface area contributed by atoms with Crippen LogP contribution in [-0.2, 0) is 9.59 Å². The molecule has 0 fully saturated rings. The highest BCUT2D eigenvalue weighted by Gasteiger charge is 2.35. The van der Waals surface area contributed by atoms with Gasteiger partial charge in [-0.1, -0.05) is 0 Å². The Morgan fingerprint density at radius 1 is 1.44 bits per heavy atom. The molecule has 1 heterocycles. The van der Waals surface area contributed by atoms with E-state index in [9.17, 15) is 9.59 Å². The molecule has 0 aliphatic rings. The van der Waals surface area contributed by atoms with Gasteiger partial charge in [0.15, 0.2) is 0 Å². The summed E-state index contributed by atoms with van der Waals surface area (Å²) in [6.45, 7) is 0. The van der Waals surface area contributed by atoms with Crippen molar-refractivity contribution in [1.29, 1.82) is 0 Å². The molecule has 0 aromatic carbocycles. The summed E-state index contributed by atoms with van der Waals surface area (Å²) in [5, 5.41) is 26.2. The van der Waals surface area contributed by atoms with Crippen LogP contribution in [0.5, 0.6) is 0 Å². The monoisotopic (exact) mass is 248 g/mol. The highest BCUT2D eigenvalue weighted by molar-refractivity contribution is 7.71. The number of carbonyl (C=O) groups is 2. The molecule has 88 valence electrons. The van der Waals surface area contributed by atoms with Crippen molar-refractivity contribution in [3.8, 4) is 0 Å². The Bertz CT molecular complexity index is 452. The van der Waals surface area contributed by atoms with E-state index in [0.717, 1.165) is 4.73 Å². The van der Waals surface area contributed by atoms with Crippen LogP contribution in [0.3, 0.4) is 0 Å². The van der Waals surface area contributed by atoms with Crippen LogP contribution in [0.4, 0.5) is 0 Å². The largest absolute Gasteiger partial charge is 0.479 e. The van der Waals surface area contributed by atoms with Crippen molar-refractivity contribution in [3.05, 3.63) is 17.2 Å². The van der Waals surface area contributed by atoms with Crippen LogP contribution in [-0.4, -0.2) is 49.2 Å². The van der Waals surface area contributed by atoms with Gasteiger partial charge in [-0.3, -0.25) is 0 Å². The molecule has 4 N–H and O–H groups in total. The zero-order chi connectivity index (χ0) is 12.3. The maximum atomic E-state index is 10.7. The molecule has 0 spiro atoms. The van der Waals surface area contributed by atoms with Crippen LogP contribution >= 0.6 is 12.2 Å². The second-order valence-electron chi connectivity index (χ2n) is 2.74. The molecule has 0 radical (unpaired) electrons. The van der Waals surface area contributed by atoms with Crippen LogP contribution < -0.4 is 4.84 Å². The third-order valence-corrected chi connectivity index (χ3v) is 1.93. The van der Waals surface area contributed by atoms with Crippen LogP contribution in [0.2, 0.25) is 0 Å². The summed E-state index contributed by atoms with van der Waals surface area (Å²) in [6, 6.07) is 0. The van der Waals surface area contributed by atoms with E-state index in [1.165, 1.54) is 12.4 Å². The molecule has 0 unspecified atom stereocenters. The van der Waals surface area contributed by atoms with Crippen molar-refractivity contribution in [1.82, 2.24) is 9.71 Å². The van der Waals surface area contributed by atoms with Crippen molar-refractivity contribution >= 4 is 24.2 Å². The predicted molar refractivity (Wildman–Crippen MR) is 51.3 cm³/mol. The Kier molecular flexibility index (Phi) is 3.64. The Balaban J connectivity index is 2.89. The Labute approximate surface area is 93.7 Å². The molecule has 0 amide bonds. The SMILES string of the molecule is O=C(O)[C@H](O)[C@@H](On1cc[nH]c1=S)C(=O)O. The van der Waals surface area contributed by atoms with Gasteiger partial charge in [-0.15, -0.1) is 0 Å². The first-order valence-corrected chi connectivity index (χ1v) is 4.41. The van der Waals surface area contributed by atoms with Crippen molar-refractivity contribution in [2.45, 2.75) is 12.2 Å². The topological polar surface area (TPSA) is 125 Å². The molecule has 0 saturated carbocycles. The molecule has 1 rings (SSSR count). The van der Waals surface area contributed by atoms with Gasteiger partial charge in [0.1, 0.15) is 0 Å². The number of aliphatic carboxylic acids is 2. The number of carboxylic acid groups (broad SMARTS) is 2. The summed E-state index contributed by atoms with van der Waals surface area (Å²) in [6.07, 6.45) is -1.50. The van der Waals surface area contributed by atoms with E-state index in [1.54, 1.807) is 0 Å². The second kappa shape index (κ2) is 4.77. The minimum Gasteiger partial charge on any atom is -0.479 e. The van der Waals surface area contributed by atoms with Gasteiger partial charge < -0.3 is 25.1 Å². The average Bonchev–Trinajstić information content (AvgIpc) is 2.59. The molecule has 0 saturated heterocycles. The minimum absolute atomic E-state index is 0.0452. The number of hydrogen-bond donors (Lipinski definition) is 4. The van der Waals surface area contributed by atoms with E-state index in [2.05, 4.69) is 4.98 Å². The molecule has 0 aliphatic heterocycles. The number of hydrogen-bond acceptors (Lipinski definition) is 5. The molecule has 2 atom stereocenters. The zero-order valence-electron chi connectivity index (χ0n) is 7.73. The third kappa shape index (κ3) is 2.58. The van der Waals surface area contributed by atoms with Crippen LogP contribution in [0.15, 0.2) is 12.4 Å². The van der Waals surface area contributed by atoms with Crippen LogP contribution in [0, 0.1) is 4.77 Å². The number of H-pyrrole nitrogens is 1. The standard InChI is InChI=1S/C7H8N2O6S/c10-3(5(11)12)4(6(13)14)15-9-2-1-8-7(9)16/h1-4,10H,(H,8,16)(H,11,12)(H,13,14)/t3-,4-/m1/s1. The molecule has 0 aliphatic carbocycles. The maximum Gasteiger partial charge on any atom is 0.351 e. The van der Waals surface area contributed by atoms with E-state index in [1.807, 2.05) is 0 Å². The minimum atomic E-state index is -2.19. The number of rotatable bonds is 5. The fourth-order valence-corrected chi connectivity index (χ4v) is 1.05. The zero-order valence-corrected chi connectivity index (χ0v) is 8.55. The number of nitrogens with zero attached hydrogens (tertiary/aromatic N) is 1. The smallest absolute Gasteiger partial charge is 0.351 e. The highest BCUT2D eigenvalue weighted by atomic mass is 32.1. The quantitative estimate of drug-likeness (QED) is 0.486. The average molecular weight is 248 g/mol. The summed E-state index contributed by atoms with van der Waals surface area (Å²) in [5.74, 6) is -3.31. The Morgan fingerprint density at radius 3 is 2.44 bits per heavy atom. The lowest BCUT2D eigenvalue weighted by Gasteiger charge is -2.16.